The Morgan fingerprint density at radius 2 is 2.47 bits per heavy atom. The maximum absolute atomic E-state index is 5.76. The van der Waals surface area contributed by atoms with E-state index in [4.69, 9.17) is 9.47 Å². The molecule has 6 heteroatoms. The van der Waals surface area contributed by atoms with Crippen molar-refractivity contribution in [3.05, 3.63) is 10.8 Å². The predicted molar refractivity (Wildman–Crippen MR) is 68.4 cm³/mol. The lowest BCUT2D eigenvalue weighted by Crippen LogP contribution is -2.17. The van der Waals surface area contributed by atoms with Crippen molar-refractivity contribution < 1.29 is 9.47 Å². The zero-order chi connectivity index (χ0) is 12.1. The van der Waals surface area contributed by atoms with Gasteiger partial charge in [0, 0.05) is 13.0 Å². The highest BCUT2D eigenvalue weighted by Crippen LogP contribution is 2.29. The minimum atomic E-state index is 0.0974. The second-order valence-corrected chi connectivity index (χ2v) is 4.66. The highest BCUT2D eigenvalue weighted by molar-refractivity contribution is 9.10. The van der Waals surface area contributed by atoms with Crippen LogP contribution in [0.15, 0.2) is 10.8 Å². The minimum Gasteiger partial charge on any atom is -0.471 e. The van der Waals surface area contributed by atoms with Crippen molar-refractivity contribution in [3.8, 4) is 5.88 Å². The summed E-state index contributed by atoms with van der Waals surface area (Å²) in [5.74, 6) is 1.35. The van der Waals surface area contributed by atoms with Gasteiger partial charge in [-0.05, 0) is 22.4 Å². The van der Waals surface area contributed by atoms with Gasteiger partial charge in [0.25, 0.3) is 0 Å². The molecule has 1 aromatic heterocycles. The normalized spacial score (nSPS) is 19.3. The molecule has 0 saturated carbocycles. The van der Waals surface area contributed by atoms with Crippen molar-refractivity contribution in [1.82, 2.24) is 9.97 Å². The molecule has 0 aliphatic carbocycles. The molecule has 94 valence electrons. The average molecular weight is 302 g/mol. The molecule has 1 N–H and O–H groups in total. The Hall–Kier alpha value is -0.880. The molecular weight excluding hydrogens is 286 g/mol. The van der Waals surface area contributed by atoms with Gasteiger partial charge in [-0.25, -0.2) is 9.97 Å². The SMILES string of the molecule is CCCNc1ncnc(OC2CCOC2)c1Br. The minimum absolute atomic E-state index is 0.0974. The third-order valence-electron chi connectivity index (χ3n) is 2.47. The van der Waals surface area contributed by atoms with E-state index in [1.54, 1.807) is 0 Å². The number of nitrogens with zero attached hydrogens (tertiary/aromatic N) is 2. The van der Waals surface area contributed by atoms with Crippen LogP contribution in [-0.4, -0.2) is 35.8 Å². The molecule has 1 aliphatic heterocycles. The van der Waals surface area contributed by atoms with E-state index in [0.717, 1.165) is 36.3 Å². The lowest BCUT2D eigenvalue weighted by Gasteiger charge is -2.13. The van der Waals surface area contributed by atoms with Crippen LogP contribution < -0.4 is 10.1 Å². The van der Waals surface area contributed by atoms with Gasteiger partial charge in [0.05, 0.1) is 13.2 Å². The summed E-state index contributed by atoms with van der Waals surface area (Å²) < 4.78 is 11.8. The highest BCUT2D eigenvalue weighted by Gasteiger charge is 2.20. The van der Waals surface area contributed by atoms with E-state index in [2.05, 4.69) is 38.1 Å². The van der Waals surface area contributed by atoms with Gasteiger partial charge in [-0.2, -0.15) is 0 Å². The number of hydrogen-bond acceptors (Lipinski definition) is 5. The maximum atomic E-state index is 5.76. The molecule has 0 bridgehead atoms. The second-order valence-electron chi connectivity index (χ2n) is 3.87. The first-order valence-corrected chi connectivity index (χ1v) is 6.59. The Morgan fingerprint density at radius 1 is 1.59 bits per heavy atom. The fraction of sp³-hybridized carbons (Fsp3) is 0.636. The van der Waals surface area contributed by atoms with Crippen LogP contribution in [0, 0.1) is 0 Å². The molecular formula is C11H16BrN3O2. The molecule has 0 aromatic carbocycles. The van der Waals surface area contributed by atoms with Gasteiger partial charge < -0.3 is 14.8 Å². The van der Waals surface area contributed by atoms with Gasteiger partial charge in [-0.15, -0.1) is 0 Å². The van der Waals surface area contributed by atoms with Crippen molar-refractivity contribution >= 4 is 21.7 Å². The molecule has 1 fully saturated rings. The van der Waals surface area contributed by atoms with Gasteiger partial charge in [0.1, 0.15) is 22.7 Å². The van der Waals surface area contributed by atoms with Crippen LogP contribution in [0.4, 0.5) is 5.82 Å². The van der Waals surface area contributed by atoms with Crippen LogP contribution in [-0.2, 0) is 4.74 Å². The van der Waals surface area contributed by atoms with Gasteiger partial charge >= 0.3 is 0 Å². The molecule has 17 heavy (non-hydrogen) atoms. The fourth-order valence-corrected chi connectivity index (χ4v) is 2.00. The van der Waals surface area contributed by atoms with Crippen LogP contribution in [0.3, 0.4) is 0 Å². The molecule has 5 nitrogen and oxygen atoms in total. The third-order valence-corrected chi connectivity index (χ3v) is 3.18. The molecule has 1 saturated heterocycles. The van der Waals surface area contributed by atoms with Crippen LogP contribution in [0.25, 0.3) is 0 Å². The largest absolute Gasteiger partial charge is 0.471 e. The number of aromatic nitrogens is 2. The summed E-state index contributed by atoms with van der Waals surface area (Å²) in [6.07, 6.45) is 3.56. The molecule has 2 heterocycles. The number of anilines is 1. The van der Waals surface area contributed by atoms with E-state index in [0.29, 0.717) is 12.5 Å². The van der Waals surface area contributed by atoms with E-state index < -0.39 is 0 Å². The van der Waals surface area contributed by atoms with E-state index in [9.17, 15) is 0 Å². The summed E-state index contributed by atoms with van der Waals surface area (Å²) in [4.78, 5) is 8.31. The predicted octanol–water partition coefficient (Wildman–Crippen LogP) is 2.23. The van der Waals surface area contributed by atoms with E-state index in [1.165, 1.54) is 6.33 Å². The van der Waals surface area contributed by atoms with Crippen LogP contribution in [0.1, 0.15) is 19.8 Å². The lowest BCUT2D eigenvalue weighted by molar-refractivity contribution is 0.137. The Kier molecular flexibility index (Phi) is 4.56. The van der Waals surface area contributed by atoms with E-state index in [-0.39, 0.29) is 6.10 Å². The van der Waals surface area contributed by atoms with Crippen LogP contribution in [0.2, 0.25) is 0 Å². The van der Waals surface area contributed by atoms with Gasteiger partial charge in [-0.3, -0.25) is 0 Å². The zero-order valence-corrected chi connectivity index (χ0v) is 11.4. The van der Waals surface area contributed by atoms with E-state index >= 15 is 0 Å². The third kappa shape index (κ3) is 3.29. The fourth-order valence-electron chi connectivity index (χ4n) is 1.57. The molecule has 1 aliphatic rings. The van der Waals surface area contributed by atoms with Gasteiger partial charge in [-0.1, -0.05) is 6.92 Å². The van der Waals surface area contributed by atoms with Crippen molar-refractivity contribution in [2.75, 3.05) is 25.1 Å². The molecule has 1 aromatic rings. The number of ether oxygens (including phenoxy) is 2. The first kappa shape index (κ1) is 12.6. The first-order valence-electron chi connectivity index (χ1n) is 5.80. The quantitative estimate of drug-likeness (QED) is 0.904. The summed E-state index contributed by atoms with van der Waals surface area (Å²) in [6.45, 7) is 4.37. The summed E-state index contributed by atoms with van der Waals surface area (Å²) in [5, 5.41) is 3.22. The molecule has 0 amide bonds. The Labute approximate surface area is 109 Å². The Morgan fingerprint density at radius 3 is 3.18 bits per heavy atom. The average Bonchev–Trinajstić information content (AvgIpc) is 2.83. The number of rotatable bonds is 5. The molecule has 0 radical (unpaired) electrons. The van der Waals surface area contributed by atoms with Crippen molar-refractivity contribution in [2.24, 2.45) is 0 Å². The smallest absolute Gasteiger partial charge is 0.233 e. The topological polar surface area (TPSA) is 56.3 Å². The summed E-state index contributed by atoms with van der Waals surface area (Å²) in [7, 11) is 0. The zero-order valence-electron chi connectivity index (χ0n) is 9.78. The molecule has 1 unspecified atom stereocenters. The first-order chi connectivity index (χ1) is 8.31. The van der Waals surface area contributed by atoms with Crippen molar-refractivity contribution in [1.29, 1.82) is 0 Å². The van der Waals surface area contributed by atoms with Crippen LogP contribution in [0.5, 0.6) is 5.88 Å². The number of halogens is 1. The Bertz CT molecular complexity index is 370. The molecule has 2 rings (SSSR count). The van der Waals surface area contributed by atoms with Gasteiger partial charge in [0.2, 0.25) is 5.88 Å². The highest BCUT2D eigenvalue weighted by atomic mass is 79.9. The second kappa shape index (κ2) is 6.16. The summed E-state index contributed by atoms with van der Waals surface area (Å²) in [5.41, 5.74) is 0. The molecule has 1 atom stereocenters. The Balaban J connectivity index is 2.05. The van der Waals surface area contributed by atoms with E-state index in [1.807, 2.05) is 0 Å². The monoisotopic (exact) mass is 301 g/mol. The maximum Gasteiger partial charge on any atom is 0.233 e. The lowest BCUT2D eigenvalue weighted by atomic mass is 10.3. The summed E-state index contributed by atoms with van der Waals surface area (Å²) >= 11 is 3.47. The number of nitrogens with one attached hydrogen (secondary N) is 1. The van der Waals surface area contributed by atoms with Crippen LogP contribution >= 0.6 is 15.9 Å². The standard InChI is InChI=1S/C11H16BrN3O2/c1-2-4-13-10-9(12)11(15-7-14-10)17-8-3-5-16-6-8/h7-8H,2-6H2,1H3,(H,13,14,15). The van der Waals surface area contributed by atoms with Crippen molar-refractivity contribution in [3.63, 3.8) is 0 Å². The molecule has 0 spiro atoms. The van der Waals surface area contributed by atoms with Gasteiger partial charge in [0.15, 0.2) is 0 Å². The summed E-state index contributed by atoms with van der Waals surface area (Å²) in [6, 6.07) is 0. The van der Waals surface area contributed by atoms with Crippen molar-refractivity contribution in [2.45, 2.75) is 25.9 Å². The number of hydrogen-bond donors (Lipinski definition) is 1.